The standard InChI is InChI=1S/2CHF3O3S.Ce/c2*2-1(3,4)8(5,6)7;/h2*(H,5,6,7);/q;;+2/p-2. The molecular weight excluding hydrogens is 438 g/mol. The zero-order chi connectivity index (χ0) is 14.0. The Morgan fingerprint density at radius 2 is 0.706 bits per heavy atom. The smallest absolute Gasteiger partial charge is 0.741 e. The first-order valence-corrected chi connectivity index (χ1v) is 5.36. The zero-order valence-electron chi connectivity index (χ0n) is 7.03. The van der Waals surface area contributed by atoms with E-state index >= 15 is 0 Å². The van der Waals surface area contributed by atoms with Gasteiger partial charge in [-0.25, -0.2) is 16.8 Å². The average Bonchev–Trinajstić information content (AvgIpc) is 1.77. The topological polar surface area (TPSA) is 114 Å². The minimum atomic E-state index is -6.09. The molecule has 0 heterocycles. The third-order valence-electron chi connectivity index (χ3n) is 0.567. The summed E-state index contributed by atoms with van der Waals surface area (Å²) in [7, 11) is -12.2. The van der Waals surface area contributed by atoms with Gasteiger partial charge >= 0.3 is 52.8 Å². The summed E-state index contributed by atoms with van der Waals surface area (Å²) in [4.78, 5) is 0. The van der Waals surface area contributed by atoms with Gasteiger partial charge in [0.05, 0.1) is 0 Å². The third kappa shape index (κ3) is 10.4. The molecule has 0 aromatic heterocycles. The quantitative estimate of drug-likeness (QED) is 0.301. The fourth-order valence-electron chi connectivity index (χ4n) is 0. The fourth-order valence-corrected chi connectivity index (χ4v) is 0. The number of hydrogen-bond acceptors (Lipinski definition) is 6. The molecule has 0 N–H and O–H groups in total. The molecular formula is C2CeF6O6S2. The van der Waals surface area contributed by atoms with Crippen molar-refractivity contribution in [2.75, 3.05) is 0 Å². The summed E-state index contributed by atoms with van der Waals surface area (Å²) in [5.74, 6) is 0. The van der Waals surface area contributed by atoms with Crippen molar-refractivity contribution in [3.63, 3.8) is 0 Å². The summed E-state index contributed by atoms with van der Waals surface area (Å²) < 4.78 is 118. The van der Waals surface area contributed by atoms with E-state index in [0.29, 0.717) is 0 Å². The van der Waals surface area contributed by atoms with Crippen molar-refractivity contribution in [1.29, 1.82) is 0 Å². The van der Waals surface area contributed by atoms with Gasteiger partial charge in [-0.3, -0.25) is 0 Å². The molecule has 0 saturated carbocycles. The van der Waals surface area contributed by atoms with Gasteiger partial charge in [-0.1, -0.05) is 0 Å². The Morgan fingerprint density at radius 1 is 0.647 bits per heavy atom. The van der Waals surface area contributed by atoms with Gasteiger partial charge in [0, 0.05) is 0 Å². The maximum atomic E-state index is 10.7. The molecule has 0 rings (SSSR count). The van der Waals surface area contributed by atoms with Crippen LogP contribution in [0.5, 0.6) is 0 Å². The third-order valence-corrected chi connectivity index (χ3v) is 1.70. The predicted octanol–water partition coefficient (Wildman–Crippen LogP) is 0.103. The van der Waals surface area contributed by atoms with Gasteiger partial charge in [-0.2, -0.15) is 26.3 Å². The summed E-state index contributed by atoms with van der Waals surface area (Å²) >= 11 is 0. The fraction of sp³-hybridized carbons (Fsp3) is 1.00. The van der Waals surface area contributed by atoms with Crippen molar-refractivity contribution >= 4 is 20.2 Å². The van der Waals surface area contributed by atoms with Gasteiger partial charge in [-0.05, 0) is 0 Å². The van der Waals surface area contributed by atoms with E-state index in [9.17, 15) is 26.3 Å². The Bertz CT molecular complexity index is 374. The van der Waals surface area contributed by atoms with E-state index in [4.69, 9.17) is 25.9 Å². The summed E-state index contributed by atoms with van der Waals surface area (Å²) in [5, 5.41) is 0. The molecule has 0 aliphatic heterocycles. The second kappa shape index (κ2) is 6.80. The van der Waals surface area contributed by atoms with E-state index in [1.807, 2.05) is 0 Å². The molecule has 0 spiro atoms. The maximum absolute atomic E-state index is 10.7. The van der Waals surface area contributed by atoms with Gasteiger partial charge in [0.1, 0.15) is 0 Å². The molecule has 0 aromatic carbocycles. The Morgan fingerprint density at radius 3 is 0.706 bits per heavy atom. The van der Waals surface area contributed by atoms with E-state index in [0.717, 1.165) is 0 Å². The second-order valence-corrected chi connectivity index (χ2v) is 4.54. The molecule has 0 aromatic rings. The Hall–Kier alpha value is 0.777. The number of halogens is 6. The van der Waals surface area contributed by atoms with E-state index in [-0.39, 0.29) is 41.7 Å². The van der Waals surface area contributed by atoms with Crippen LogP contribution in [-0.4, -0.2) is 37.0 Å². The minimum absolute atomic E-state index is 0. The maximum Gasteiger partial charge on any atom is 2.00 e. The Kier molecular flexibility index (Phi) is 9.17. The van der Waals surface area contributed by atoms with E-state index in [2.05, 4.69) is 0 Å². The van der Waals surface area contributed by atoms with Crippen LogP contribution in [0.4, 0.5) is 26.3 Å². The van der Waals surface area contributed by atoms with Crippen LogP contribution in [0.3, 0.4) is 0 Å². The van der Waals surface area contributed by atoms with Crippen LogP contribution in [0.15, 0.2) is 0 Å². The van der Waals surface area contributed by atoms with E-state index in [1.165, 1.54) is 0 Å². The largest absolute Gasteiger partial charge is 2.00 e. The molecule has 0 unspecified atom stereocenters. The van der Waals surface area contributed by atoms with Crippen molar-refractivity contribution in [3.05, 3.63) is 0 Å². The van der Waals surface area contributed by atoms with Gasteiger partial charge in [0.2, 0.25) is 0 Å². The molecule has 0 aliphatic rings. The first kappa shape index (κ1) is 22.9. The van der Waals surface area contributed by atoms with Gasteiger partial charge < -0.3 is 9.11 Å². The number of rotatable bonds is 0. The van der Waals surface area contributed by atoms with Gasteiger partial charge in [0.25, 0.3) is 0 Å². The molecule has 0 radical (unpaired) electrons. The van der Waals surface area contributed by atoms with E-state index < -0.39 is 31.3 Å². The van der Waals surface area contributed by atoms with Crippen LogP contribution in [0.1, 0.15) is 0 Å². The first-order valence-electron chi connectivity index (χ1n) is 2.54. The SMILES string of the molecule is O=S(=O)([O-])C(F)(F)F.O=S(=O)([O-])C(F)(F)F.[Ce+2]. The number of hydrogen-bond donors (Lipinski definition) is 0. The van der Waals surface area contributed by atoms with Crippen molar-refractivity contribution in [1.82, 2.24) is 0 Å². The van der Waals surface area contributed by atoms with Crippen LogP contribution >= 0.6 is 0 Å². The molecule has 0 fully saturated rings. The van der Waals surface area contributed by atoms with Crippen molar-refractivity contribution in [2.45, 2.75) is 11.0 Å². The molecule has 0 bridgehead atoms. The summed E-state index contributed by atoms with van der Waals surface area (Å²) in [6.45, 7) is 0. The molecule has 6 nitrogen and oxygen atoms in total. The predicted molar refractivity (Wildman–Crippen MR) is 31.5 cm³/mol. The number of alkyl halides is 6. The molecule has 0 amide bonds. The van der Waals surface area contributed by atoms with Crippen LogP contribution in [0, 0.1) is 41.7 Å². The van der Waals surface area contributed by atoms with Gasteiger partial charge in [0.15, 0.2) is 20.2 Å². The van der Waals surface area contributed by atoms with Crippen molar-refractivity contribution < 1.29 is 94.0 Å². The molecule has 15 heteroatoms. The normalized spacial score (nSPS) is 13.2. The van der Waals surface area contributed by atoms with Crippen molar-refractivity contribution in [2.24, 2.45) is 0 Å². The zero-order valence-corrected chi connectivity index (χ0v) is 11.8. The first-order chi connectivity index (χ1) is 6.50. The van der Waals surface area contributed by atoms with Crippen LogP contribution in [0.25, 0.3) is 0 Å². The van der Waals surface area contributed by atoms with Crippen LogP contribution < -0.4 is 0 Å². The Balaban J connectivity index is -0.000000218. The average molecular weight is 438 g/mol. The summed E-state index contributed by atoms with van der Waals surface area (Å²) in [6, 6.07) is 0. The van der Waals surface area contributed by atoms with Crippen LogP contribution in [0.2, 0.25) is 0 Å². The van der Waals surface area contributed by atoms with Crippen molar-refractivity contribution in [3.8, 4) is 0 Å². The molecule has 17 heavy (non-hydrogen) atoms. The van der Waals surface area contributed by atoms with Crippen LogP contribution in [-0.2, 0) is 20.2 Å². The monoisotopic (exact) mass is 438 g/mol. The van der Waals surface area contributed by atoms with Gasteiger partial charge in [-0.15, -0.1) is 0 Å². The second-order valence-electron chi connectivity index (χ2n) is 1.80. The van der Waals surface area contributed by atoms with E-state index in [1.54, 1.807) is 0 Å². The molecule has 102 valence electrons. The summed E-state index contributed by atoms with van der Waals surface area (Å²) in [5.41, 5.74) is -11.3. The molecule has 0 aliphatic carbocycles. The Labute approximate surface area is 124 Å². The molecule has 0 saturated heterocycles. The minimum Gasteiger partial charge on any atom is -0.741 e. The molecule has 0 atom stereocenters. The summed E-state index contributed by atoms with van der Waals surface area (Å²) in [6.07, 6.45) is 0.